The average molecular weight is 167 g/mol. The van der Waals surface area contributed by atoms with Crippen LogP contribution in [0.1, 0.15) is 5.56 Å². The Morgan fingerprint density at radius 2 is 2.33 bits per heavy atom. The van der Waals surface area contributed by atoms with Gasteiger partial charge in [0.15, 0.2) is 0 Å². The molecular weight excluding hydrogens is 158 g/mol. The number of non-ortho nitro benzene ring substituents is 1. The molecule has 0 spiro atoms. The zero-order valence-corrected chi connectivity index (χ0v) is 6.69. The first-order valence-corrected chi connectivity index (χ1v) is 3.46. The summed E-state index contributed by atoms with van der Waals surface area (Å²) in [7, 11) is 1.55. The maximum atomic E-state index is 10.3. The summed E-state index contributed by atoms with van der Waals surface area (Å²) in [4.78, 5) is 9.90. The molecule has 4 heteroatoms. The fourth-order valence-corrected chi connectivity index (χ4v) is 0.926. The summed E-state index contributed by atoms with van der Waals surface area (Å²) in [6.07, 6.45) is 0. The van der Waals surface area contributed by atoms with Crippen LogP contribution in [0.5, 0.6) is 0 Å². The molecule has 4 nitrogen and oxygen atoms in total. The number of benzene rings is 1. The van der Waals surface area contributed by atoms with Gasteiger partial charge in [-0.25, -0.2) is 0 Å². The van der Waals surface area contributed by atoms with Crippen LogP contribution in [0.3, 0.4) is 0 Å². The molecule has 1 rings (SSSR count). The molecule has 0 saturated carbocycles. The Labute approximate surface area is 69.9 Å². The third-order valence-electron chi connectivity index (χ3n) is 1.43. The average Bonchev–Trinajstić information content (AvgIpc) is 2.05. The SMILES string of the molecule is COCc1cccc([N+](=O)[O-])c1. The Bertz CT molecular complexity index is 285. The van der Waals surface area contributed by atoms with Crippen LogP contribution in [0, 0.1) is 10.1 Å². The molecule has 0 aromatic heterocycles. The summed E-state index contributed by atoms with van der Waals surface area (Å²) in [5.74, 6) is 0. The summed E-state index contributed by atoms with van der Waals surface area (Å²) in [5.41, 5.74) is 0.913. The van der Waals surface area contributed by atoms with E-state index < -0.39 is 4.92 Å². The maximum Gasteiger partial charge on any atom is 0.269 e. The molecule has 0 aliphatic rings. The van der Waals surface area contributed by atoms with E-state index in [0.717, 1.165) is 5.56 Å². The van der Waals surface area contributed by atoms with Crippen molar-refractivity contribution in [2.45, 2.75) is 6.61 Å². The second-order valence-electron chi connectivity index (χ2n) is 2.36. The molecule has 64 valence electrons. The number of nitrogens with zero attached hydrogens (tertiary/aromatic N) is 1. The fraction of sp³-hybridized carbons (Fsp3) is 0.250. The standard InChI is InChI=1S/C8H9NO3/c1-12-6-7-3-2-4-8(5-7)9(10)11/h2-5H,6H2,1H3. The van der Waals surface area contributed by atoms with E-state index in [9.17, 15) is 10.1 Å². The van der Waals surface area contributed by atoms with Gasteiger partial charge in [-0.05, 0) is 5.56 Å². The molecule has 1 aromatic rings. The van der Waals surface area contributed by atoms with Gasteiger partial charge in [-0.1, -0.05) is 12.1 Å². The van der Waals surface area contributed by atoms with Gasteiger partial charge in [0.1, 0.15) is 0 Å². The van der Waals surface area contributed by atoms with Crippen molar-refractivity contribution in [3.63, 3.8) is 0 Å². The monoisotopic (exact) mass is 167 g/mol. The highest BCUT2D eigenvalue weighted by atomic mass is 16.6. The second-order valence-corrected chi connectivity index (χ2v) is 2.36. The van der Waals surface area contributed by atoms with Crippen LogP contribution in [0.15, 0.2) is 24.3 Å². The van der Waals surface area contributed by atoms with Gasteiger partial charge in [0.25, 0.3) is 5.69 Å². The minimum atomic E-state index is -0.418. The molecule has 0 aliphatic heterocycles. The lowest BCUT2D eigenvalue weighted by Gasteiger charge is -1.97. The summed E-state index contributed by atoms with van der Waals surface area (Å²) in [5, 5.41) is 10.3. The van der Waals surface area contributed by atoms with Crippen LogP contribution in [-0.4, -0.2) is 12.0 Å². The van der Waals surface area contributed by atoms with Crippen molar-refractivity contribution >= 4 is 5.69 Å². The number of rotatable bonds is 3. The number of nitro benzene ring substituents is 1. The highest BCUT2D eigenvalue weighted by Crippen LogP contribution is 2.13. The minimum Gasteiger partial charge on any atom is -0.380 e. The third-order valence-corrected chi connectivity index (χ3v) is 1.43. The van der Waals surface area contributed by atoms with Crippen LogP contribution in [-0.2, 0) is 11.3 Å². The number of hydrogen-bond donors (Lipinski definition) is 0. The molecule has 0 saturated heterocycles. The zero-order valence-electron chi connectivity index (χ0n) is 6.69. The predicted molar refractivity (Wildman–Crippen MR) is 43.8 cm³/mol. The number of ether oxygens (including phenoxy) is 1. The second kappa shape index (κ2) is 3.82. The zero-order chi connectivity index (χ0) is 8.97. The minimum absolute atomic E-state index is 0.101. The molecular formula is C8H9NO3. The lowest BCUT2D eigenvalue weighted by molar-refractivity contribution is -0.384. The lowest BCUT2D eigenvalue weighted by Crippen LogP contribution is -1.91. The largest absolute Gasteiger partial charge is 0.380 e. The van der Waals surface area contributed by atoms with E-state index in [4.69, 9.17) is 4.74 Å². The summed E-state index contributed by atoms with van der Waals surface area (Å²) >= 11 is 0. The molecule has 12 heavy (non-hydrogen) atoms. The van der Waals surface area contributed by atoms with Gasteiger partial charge in [0, 0.05) is 19.2 Å². The molecule has 0 fully saturated rings. The quantitative estimate of drug-likeness (QED) is 0.509. The van der Waals surface area contributed by atoms with Crippen LogP contribution in [0.25, 0.3) is 0 Å². The molecule has 0 unspecified atom stereocenters. The molecule has 1 aromatic carbocycles. The Balaban J connectivity index is 2.88. The van der Waals surface area contributed by atoms with Crippen molar-refractivity contribution < 1.29 is 9.66 Å². The van der Waals surface area contributed by atoms with Gasteiger partial charge >= 0.3 is 0 Å². The van der Waals surface area contributed by atoms with Crippen molar-refractivity contribution in [3.8, 4) is 0 Å². The number of nitro groups is 1. The van der Waals surface area contributed by atoms with E-state index in [1.165, 1.54) is 12.1 Å². The number of hydrogen-bond acceptors (Lipinski definition) is 3. The molecule has 0 aliphatic carbocycles. The molecule has 0 atom stereocenters. The lowest BCUT2D eigenvalue weighted by atomic mass is 10.2. The Morgan fingerprint density at radius 3 is 2.92 bits per heavy atom. The summed E-state index contributed by atoms with van der Waals surface area (Å²) < 4.78 is 4.84. The van der Waals surface area contributed by atoms with Gasteiger partial charge in [-0.2, -0.15) is 0 Å². The molecule has 0 amide bonds. The molecule has 0 bridgehead atoms. The van der Waals surface area contributed by atoms with Crippen molar-refractivity contribution in [2.75, 3.05) is 7.11 Å². The van der Waals surface area contributed by atoms with Crippen LogP contribution in [0.4, 0.5) is 5.69 Å². The highest BCUT2D eigenvalue weighted by Gasteiger charge is 2.04. The first-order valence-electron chi connectivity index (χ1n) is 3.46. The van der Waals surface area contributed by atoms with Crippen molar-refractivity contribution in [1.82, 2.24) is 0 Å². The first kappa shape index (κ1) is 8.67. The van der Waals surface area contributed by atoms with Gasteiger partial charge < -0.3 is 4.74 Å². The first-order chi connectivity index (χ1) is 5.74. The fourth-order valence-electron chi connectivity index (χ4n) is 0.926. The molecule has 0 heterocycles. The summed E-state index contributed by atoms with van der Waals surface area (Å²) in [6.45, 7) is 0.404. The Morgan fingerprint density at radius 1 is 1.58 bits per heavy atom. The van der Waals surface area contributed by atoms with Crippen molar-refractivity contribution in [2.24, 2.45) is 0 Å². The molecule has 0 N–H and O–H groups in total. The van der Waals surface area contributed by atoms with E-state index in [0.29, 0.717) is 6.61 Å². The normalized spacial score (nSPS) is 9.75. The van der Waals surface area contributed by atoms with Crippen LogP contribution < -0.4 is 0 Å². The van der Waals surface area contributed by atoms with Gasteiger partial charge in [-0.3, -0.25) is 10.1 Å². The predicted octanol–water partition coefficient (Wildman–Crippen LogP) is 1.74. The van der Waals surface area contributed by atoms with E-state index in [2.05, 4.69) is 0 Å². The van der Waals surface area contributed by atoms with E-state index in [1.807, 2.05) is 0 Å². The third kappa shape index (κ3) is 2.03. The highest BCUT2D eigenvalue weighted by molar-refractivity contribution is 5.33. The van der Waals surface area contributed by atoms with Crippen molar-refractivity contribution in [3.05, 3.63) is 39.9 Å². The van der Waals surface area contributed by atoms with Gasteiger partial charge in [-0.15, -0.1) is 0 Å². The molecule has 0 radical (unpaired) electrons. The summed E-state index contributed by atoms with van der Waals surface area (Å²) in [6, 6.07) is 6.39. The Kier molecular flexibility index (Phi) is 2.76. The number of methoxy groups -OCH3 is 1. The van der Waals surface area contributed by atoms with Crippen molar-refractivity contribution in [1.29, 1.82) is 0 Å². The van der Waals surface area contributed by atoms with Gasteiger partial charge in [0.2, 0.25) is 0 Å². The maximum absolute atomic E-state index is 10.3. The smallest absolute Gasteiger partial charge is 0.269 e. The topological polar surface area (TPSA) is 52.4 Å². The van der Waals surface area contributed by atoms with Crippen LogP contribution >= 0.6 is 0 Å². The van der Waals surface area contributed by atoms with E-state index >= 15 is 0 Å². The van der Waals surface area contributed by atoms with Crippen LogP contribution in [0.2, 0.25) is 0 Å². The Hall–Kier alpha value is -1.42. The van der Waals surface area contributed by atoms with E-state index in [-0.39, 0.29) is 5.69 Å². The van der Waals surface area contributed by atoms with Gasteiger partial charge in [0.05, 0.1) is 11.5 Å². The van der Waals surface area contributed by atoms with E-state index in [1.54, 1.807) is 19.2 Å².